The van der Waals surface area contributed by atoms with Crippen molar-refractivity contribution in [3.63, 3.8) is 0 Å². The van der Waals surface area contributed by atoms with Crippen molar-refractivity contribution in [3.8, 4) is 0 Å². The van der Waals surface area contributed by atoms with Gasteiger partial charge in [-0.05, 0) is 86.4 Å². The molecule has 3 fully saturated rings. The molecular formula is C25H38O4. The van der Waals surface area contributed by atoms with Gasteiger partial charge in [0.05, 0.1) is 0 Å². The predicted octanol–water partition coefficient (Wildman–Crippen LogP) is 5.80. The first-order valence-corrected chi connectivity index (χ1v) is 11.7. The maximum absolute atomic E-state index is 11.9. The highest BCUT2D eigenvalue weighted by Gasteiger charge is 2.63. The number of ether oxygens (including phenoxy) is 2. The monoisotopic (exact) mass is 402 g/mol. The summed E-state index contributed by atoms with van der Waals surface area (Å²) in [5, 5.41) is 0. The standard InChI is InChI=1S/C25H38O4/c1-16(26)28-25(5,29-17(2)27)22-12-11-20-19-10-9-18-8-6-7-14-23(18,3)21(19)13-15-24(20,22)4/h8,19-22H,6-7,9-15H2,1-5H3/t19-,20-,21-,22-,23-,24-/m0/s1. The van der Waals surface area contributed by atoms with Crippen LogP contribution >= 0.6 is 0 Å². The van der Waals surface area contributed by atoms with Crippen molar-refractivity contribution in [3.05, 3.63) is 11.6 Å². The molecule has 4 aliphatic rings. The van der Waals surface area contributed by atoms with Crippen molar-refractivity contribution in [2.75, 3.05) is 0 Å². The van der Waals surface area contributed by atoms with Crippen molar-refractivity contribution in [1.29, 1.82) is 0 Å². The van der Waals surface area contributed by atoms with Gasteiger partial charge in [0, 0.05) is 26.7 Å². The summed E-state index contributed by atoms with van der Waals surface area (Å²) >= 11 is 0. The first kappa shape index (κ1) is 20.9. The lowest BCUT2D eigenvalue weighted by atomic mass is 9.46. The third-order valence-electron chi connectivity index (χ3n) is 9.35. The zero-order valence-corrected chi connectivity index (χ0v) is 18.9. The van der Waals surface area contributed by atoms with E-state index in [1.807, 2.05) is 6.92 Å². The molecule has 0 spiro atoms. The summed E-state index contributed by atoms with van der Waals surface area (Å²) < 4.78 is 11.4. The van der Waals surface area contributed by atoms with E-state index in [0.29, 0.717) is 11.3 Å². The molecule has 162 valence electrons. The number of fused-ring (bicyclic) bond motifs is 5. The number of carbonyl (C=O) groups excluding carboxylic acids is 2. The van der Waals surface area contributed by atoms with Gasteiger partial charge in [-0.1, -0.05) is 25.5 Å². The van der Waals surface area contributed by atoms with Crippen LogP contribution in [0.15, 0.2) is 11.6 Å². The van der Waals surface area contributed by atoms with E-state index in [-0.39, 0.29) is 23.3 Å². The first-order chi connectivity index (χ1) is 13.6. The molecule has 6 atom stereocenters. The summed E-state index contributed by atoms with van der Waals surface area (Å²) in [6.07, 6.45) is 13.5. The molecule has 4 aliphatic carbocycles. The molecule has 3 saturated carbocycles. The zero-order valence-electron chi connectivity index (χ0n) is 18.9. The van der Waals surface area contributed by atoms with E-state index in [4.69, 9.17) is 9.47 Å². The SMILES string of the molecule is CC(=O)OC(C)(OC(C)=O)[C@H]1CC[C@H]2[C@@H]3CCC4=CCCC[C@]4(C)[C@H]3CC[C@]12C. The van der Waals surface area contributed by atoms with Gasteiger partial charge in [0.15, 0.2) is 0 Å². The van der Waals surface area contributed by atoms with Crippen LogP contribution in [0.25, 0.3) is 0 Å². The van der Waals surface area contributed by atoms with Crippen LogP contribution in [0, 0.1) is 34.5 Å². The Bertz CT molecular complexity index is 708. The molecule has 0 N–H and O–H groups in total. The van der Waals surface area contributed by atoms with Crippen molar-refractivity contribution in [2.24, 2.45) is 34.5 Å². The van der Waals surface area contributed by atoms with E-state index in [0.717, 1.165) is 31.1 Å². The smallest absolute Gasteiger partial charge is 0.305 e. The van der Waals surface area contributed by atoms with Crippen LogP contribution in [0.1, 0.15) is 92.4 Å². The molecule has 29 heavy (non-hydrogen) atoms. The number of esters is 2. The highest BCUT2D eigenvalue weighted by molar-refractivity contribution is 5.69. The summed E-state index contributed by atoms with van der Waals surface area (Å²) in [4.78, 5) is 23.7. The Hall–Kier alpha value is -1.32. The molecule has 0 unspecified atom stereocenters. The van der Waals surface area contributed by atoms with Crippen LogP contribution in [0.4, 0.5) is 0 Å². The van der Waals surface area contributed by atoms with Crippen molar-refractivity contribution in [1.82, 2.24) is 0 Å². The molecule has 0 saturated heterocycles. The number of rotatable bonds is 3. The Labute approximate surface area is 175 Å². The number of hydrogen-bond acceptors (Lipinski definition) is 4. The van der Waals surface area contributed by atoms with Crippen LogP contribution in [-0.2, 0) is 19.1 Å². The van der Waals surface area contributed by atoms with Crippen molar-refractivity contribution < 1.29 is 19.1 Å². The van der Waals surface area contributed by atoms with Crippen molar-refractivity contribution >= 4 is 11.9 Å². The van der Waals surface area contributed by atoms with Crippen LogP contribution in [-0.4, -0.2) is 17.7 Å². The Morgan fingerprint density at radius 3 is 2.34 bits per heavy atom. The summed E-state index contributed by atoms with van der Waals surface area (Å²) in [5.41, 5.74) is 2.16. The van der Waals surface area contributed by atoms with Crippen LogP contribution in [0.3, 0.4) is 0 Å². The number of allylic oxidation sites excluding steroid dienone is 2. The molecule has 0 aromatic rings. The minimum Gasteiger partial charge on any atom is -0.423 e. The van der Waals surface area contributed by atoms with Gasteiger partial charge >= 0.3 is 11.9 Å². The third kappa shape index (κ3) is 3.25. The molecule has 4 nitrogen and oxygen atoms in total. The van der Waals surface area contributed by atoms with Crippen LogP contribution in [0.2, 0.25) is 0 Å². The molecule has 0 aromatic carbocycles. The van der Waals surface area contributed by atoms with E-state index in [1.165, 1.54) is 52.4 Å². The predicted molar refractivity (Wildman–Crippen MR) is 112 cm³/mol. The molecule has 0 heterocycles. The largest absolute Gasteiger partial charge is 0.423 e. The van der Waals surface area contributed by atoms with Gasteiger partial charge in [-0.25, -0.2) is 0 Å². The molecular weight excluding hydrogens is 364 g/mol. The fraction of sp³-hybridized carbons (Fsp3) is 0.840. The summed E-state index contributed by atoms with van der Waals surface area (Å²) in [5.74, 6) is 0.268. The molecule has 0 aliphatic heterocycles. The number of hydrogen-bond donors (Lipinski definition) is 0. The summed E-state index contributed by atoms with van der Waals surface area (Å²) in [6.45, 7) is 9.54. The van der Waals surface area contributed by atoms with Crippen LogP contribution in [0.5, 0.6) is 0 Å². The Morgan fingerprint density at radius 2 is 1.69 bits per heavy atom. The van der Waals surface area contributed by atoms with E-state index >= 15 is 0 Å². The number of carbonyl (C=O) groups is 2. The van der Waals surface area contributed by atoms with E-state index < -0.39 is 5.79 Å². The highest BCUT2D eigenvalue weighted by atomic mass is 16.7. The molecule has 0 bridgehead atoms. The minimum absolute atomic E-state index is 0.0487. The van der Waals surface area contributed by atoms with Gasteiger partial charge in [0.2, 0.25) is 0 Å². The van der Waals surface area contributed by atoms with Gasteiger partial charge in [0.1, 0.15) is 0 Å². The lowest BCUT2D eigenvalue weighted by Gasteiger charge is -2.59. The normalized spacial score (nSPS) is 41.5. The van der Waals surface area contributed by atoms with Gasteiger partial charge in [0.25, 0.3) is 5.79 Å². The molecule has 4 rings (SSSR count). The second kappa shape index (κ2) is 7.13. The maximum atomic E-state index is 11.9. The van der Waals surface area contributed by atoms with Gasteiger partial charge in [-0.3, -0.25) is 9.59 Å². The minimum atomic E-state index is -1.16. The first-order valence-electron chi connectivity index (χ1n) is 11.7. The van der Waals surface area contributed by atoms with E-state index in [2.05, 4.69) is 19.9 Å². The molecule has 4 heteroatoms. The summed E-state index contributed by atoms with van der Waals surface area (Å²) in [6, 6.07) is 0. The quantitative estimate of drug-likeness (QED) is 0.340. The average Bonchev–Trinajstić information content (AvgIpc) is 2.97. The lowest BCUT2D eigenvalue weighted by Crippen LogP contribution is -2.54. The van der Waals surface area contributed by atoms with Gasteiger partial charge < -0.3 is 9.47 Å². The Morgan fingerprint density at radius 1 is 1.00 bits per heavy atom. The van der Waals surface area contributed by atoms with Gasteiger partial charge in [-0.2, -0.15) is 0 Å². The van der Waals surface area contributed by atoms with E-state index in [9.17, 15) is 9.59 Å². The van der Waals surface area contributed by atoms with Gasteiger partial charge in [-0.15, -0.1) is 0 Å². The Balaban J connectivity index is 1.64. The van der Waals surface area contributed by atoms with Crippen LogP contribution < -0.4 is 0 Å². The average molecular weight is 403 g/mol. The molecule has 0 amide bonds. The second-order valence-electron chi connectivity index (χ2n) is 10.8. The topological polar surface area (TPSA) is 52.6 Å². The lowest BCUT2D eigenvalue weighted by molar-refractivity contribution is -0.254. The zero-order chi connectivity index (χ0) is 21.0. The highest BCUT2D eigenvalue weighted by Crippen LogP contribution is 2.68. The second-order valence-corrected chi connectivity index (χ2v) is 10.8. The fourth-order valence-electron chi connectivity index (χ4n) is 8.35. The maximum Gasteiger partial charge on any atom is 0.305 e. The molecule has 0 radical (unpaired) electrons. The third-order valence-corrected chi connectivity index (χ3v) is 9.35. The van der Waals surface area contributed by atoms with Crippen molar-refractivity contribution in [2.45, 2.75) is 98.2 Å². The summed E-state index contributed by atoms with van der Waals surface area (Å²) in [7, 11) is 0. The van der Waals surface area contributed by atoms with E-state index in [1.54, 1.807) is 5.57 Å². The fourth-order valence-corrected chi connectivity index (χ4v) is 8.35. The Kier molecular flexibility index (Phi) is 5.15. The molecule has 0 aromatic heterocycles.